The Morgan fingerprint density at radius 2 is 2.00 bits per heavy atom. The van der Waals surface area contributed by atoms with Gasteiger partial charge in [0.1, 0.15) is 0 Å². The minimum Gasteiger partial charge on any atom is -0.481 e. The molecule has 1 aromatic rings. The Morgan fingerprint density at radius 1 is 1.25 bits per heavy atom. The standard InChI is InChI=1S/C16H25N3O/c1-18-9-5-16(13-18)6-10-19(11-7-16)12-14-4-3-8-17-15(14)20-2/h3-4,8H,5-7,9-13H2,1-2H3. The highest BCUT2D eigenvalue weighted by Crippen LogP contribution is 2.40. The predicted octanol–water partition coefficient (Wildman–Crippen LogP) is 2.01. The van der Waals surface area contributed by atoms with Crippen LogP contribution in [0.3, 0.4) is 0 Å². The lowest BCUT2D eigenvalue weighted by atomic mass is 9.78. The van der Waals surface area contributed by atoms with Crippen LogP contribution in [0.5, 0.6) is 5.88 Å². The van der Waals surface area contributed by atoms with Crippen LogP contribution in [0.2, 0.25) is 0 Å². The van der Waals surface area contributed by atoms with Gasteiger partial charge < -0.3 is 9.64 Å². The van der Waals surface area contributed by atoms with Crippen LogP contribution in [0.1, 0.15) is 24.8 Å². The monoisotopic (exact) mass is 275 g/mol. The second kappa shape index (κ2) is 5.70. The fourth-order valence-corrected chi connectivity index (χ4v) is 3.72. The number of piperidine rings is 1. The van der Waals surface area contributed by atoms with Gasteiger partial charge in [-0.2, -0.15) is 0 Å². The first-order chi connectivity index (χ1) is 9.71. The molecule has 0 radical (unpaired) electrons. The van der Waals surface area contributed by atoms with Crippen molar-refractivity contribution in [1.82, 2.24) is 14.8 Å². The zero-order chi connectivity index (χ0) is 14.0. The van der Waals surface area contributed by atoms with Gasteiger partial charge in [0.25, 0.3) is 0 Å². The van der Waals surface area contributed by atoms with E-state index in [9.17, 15) is 0 Å². The molecular formula is C16H25N3O. The van der Waals surface area contributed by atoms with Crippen molar-refractivity contribution >= 4 is 0 Å². The maximum Gasteiger partial charge on any atom is 0.217 e. The minimum absolute atomic E-state index is 0.601. The van der Waals surface area contributed by atoms with Crippen LogP contribution in [0, 0.1) is 5.41 Å². The second-order valence-corrected chi connectivity index (χ2v) is 6.44. The van der Waals surface area contributed by atoms with Crippen molar-refractivity contribution < 1.29 is 4.74 Å². The van der Waals surface area contributed by atoms with E-state index in [0.717, 1.165) is 12.4 Å². The largest absolute Gasteiger partial charge is 0.481 e. The van der Waals surface area contributed by atoms with E-state index in [0.29, 0.717) is 5.41 Å². The van der Waals surface area contributed by atoms with E-state index in [1.165, 1.54) is 51.0 Å². The number of nitrogens with zero attached hydrogens (tertiary/aromatic N) is 3. The van der Waals surface area contributed by atoms with Crippen molar-refractivity contribution in [2.45, 2.75) is 25.8 Å². The molecule has 4 heteroatoms. The van der Waals surface area contributed by atoms with E-state index < -0.39 is 0 Å². The average molecular weight is 275 g/mol. The molecule has 3 rings (SSSR count). The number of hydrogen-bond donors (Lipinski definition) is 0. The highest BCUT2D eigenvalue weighted by Gasteiger charge is 2.39. The van der Waals surface area contributed by atoms with Crippen molar-refractivity contribution in [1.29, 1.82) is 0 Å². The molecule has 3 heterocycles. The van der Waals surface area contributed by atoms with Gasteiger partial charge in [-0.1, -0.05) is 6.07 Å². The molecular weight excluding hydrogens is 250 g/mol. The molecule has 110 valence electrons. The number of pyridine rings is 1. The van der Waals surface area contributed by atoms with Gasteiger partial charge in [0.15, 0.2) is 0 Å². The Bertz CT molecular complexity index is 455. The third kappa shape index (κ3) is 2.81. The van der Waals surface area contributed by atoms with Crippen molar-refractivity contribution in [3.05, 3.63) is 23.9 Å². The molecule has 4 nitrogen and oxygen atoms in total. The Balaban J connectivity index is 1.59. The summed E-state index contributed by atoms with van der Waals surface area (Å²) in [7, 11) is 3.95. The van der Waals surface area contributed by atoms with Crippen LogP contribution in [-0.4, -0.2) is 55.1 Å². The smallest absolute Gasteiger partial charge is 0.217 e. The summed E-state index contributed by atoms with van der Waals surface area (Å²) < 4.78 is 5.35. The zero-order valence-electron chi connectivity index (χ0n) is 12.6. The van der Waals surface area contributed by atoms with Gasteiger partial charge in [-0.05, 0) is 57.4 Å². The van der Waals surface area contributed by atoms with Crippen molar-refractivity contribution in [3.63, 3.8) is 0 Å². The lowest BCUT2D eigenvalue weighted by Gasteiger charge is -2.39. The van der Waals surface area contributed by atoms with Gasteiger partial charge in [-0.25, -0.2) is 4.98 Å². The van der Waals surface area contributed by atoms with Gasteiger partial charge in [0, 0.05) is 24.8 Å². The number of hydrogen-bond acceptors (Lipinski definition) is 4. The molecule has 0 bridgehead atoms. The number of aromatic nitrogens is 1. The average Bonchev–Trinajstić information content (AvgIpc) is 2.83. The quantitative estimate of drug-likeness (QED) is 0.844. The van der Waals surface area contributed by atoms with Crippen LogP contribution in [-0.2, 0) is 6.54 Å². The van der Waals surface area contributed by atoms with Gasteiger partial charge in [0.2, 0.25) is 5.88 Å². The van der Waals surface area contributed by atoms with Crippen molar-refractivity contribution in [3.8, 4) is 5.88 Å². The molecule has 0 N–H and O–H groups in total. The lowest BCUT2D eigenvalue weighted by Crippen LogP contribution is -2.40. The normalized spacial score (nSPS) is 23.3. The van der Waals surface area contributed by atoms with Crippen molar-refractivity contribution in [2.75, 3.05) is 40.3 Å². The number of rotatable bonds is 3. The molecule has 20 heavy (non-hydrogen) atoms. The summed E-state index contributed by atoms with van der Waals surface area (Å²) in [5.74, 6) is 0.772. The molecule has 0 atom stereocenters. The number of methoxy groups -OCH3 is 1. The highest BCUT2D eigenvalue weighted by molar-refractivity contribution is 5.25. The third-order valence-electron chi connectivity index (χ3n) is 4.98. The van der Waals surface area contributed by atoms with E-state index in [4.69, 9.17) is 4.74 Å². The topological polar surface area (TPSA) is 28.6 Å². The molecule has 2 aliphatic rings. The van der Waals surface area contributed by atoms with Crippen LogP contribution in [0.15, 0.2) is 18.3 Å². The van der Waals surface area contributed by atoms with Gasteiger partial charge in [0.05, 0.1) is 7.11 Å². The molecule has 0 saturated carbocycles. The first-order valence-electron chi connectivity index (χ1n) is 7.60. The molecule has 0 aliphatic carbocycles. The molecule has 1 aromatic heterocycles. The molecule has 2 saturated heterocycles. The molecule has 1 spiro atoms. The Labute approximate surface area is 121 Å². The minimum atomic E-state index is 0.601. The van der Waals surface area contributed by atoms with E-state index in [1.807, 2.05) is 6.07 Å². The number of ether oxygens (including phenoxy) is 1. The van der Waals surface area contributed by atoms with E-state index in [-0.39, 0.29) is 0 Å². The molecule has 0 amide bonds. The first-order valence-corrected chi connectivity index (χ1v) is 7.60. The van der Waals surface area contributed by atoms with E-state index in [2.05, 4.69) is 27.9 Å². The van der Waals surface area contributed by atoms with Crippen LogP contribution in [0.25, 0.3) is 0 Å². The summed E-state index contributed by atoms with van der Waals surface area (Å²) in [5.41, 5.74) is 1.80. The fourth-order valence-electron chi connectivity index (χ4n) is 3.72. The first kappa shape index (κ1) is 13.8. The summed E-state index contributed by atoms with van der Waals surface area (Å²) in [6.07, 6.45) is 5.84. The summed E-state index contributed by atoms with van der Waals surface area (Å²) in [6, 6.07) is 4.12. The van der Waals surface area contributed by atoms with Crippen LogP contribution in [0.4, 0.5) is 0 Å². The third-order valence-corrected chi connectivity index (χ3v) is 4.98. The summed E-state index contributed by atoms with van der Waals surface area (Å²) in [4.78, 5) is 9.32. The molecule has 0 unspecified atom stereocenters. The Hall–Kier alpha value is -1.13. The van der Waals surface area contributed by atoms with E-state index >= 15 is 0 Å². The molecule has 0 aromatic carbocycles. The van der Waals surface area contributed by atoms with Gasteiger partial charge >= 0.3 is 0 Å². The fraction of sp³-hybridized carbons (Fsp3) is 0.688. The SMILES string of the molecule is COc1ncccc1CN1CCC2(CCN(C)C2)CC1. The number of likely N-dealkylation sites (tertiary alicyclic amines) is 2. The summed E-state index contributed by atoms with van der Waals surface area (Å²) in [6.45, 7) is 5.92. The molecule has 2 fully saturated rings. The Kier molecular flexibility index (Phi) is 3.94. The lowest BCUT2D eigenvalue weighted by molar-refractivity contribution is 0.105. The van der Waals surface area contributed by atoms with Gasteiger partial charge in [-0.15, -0.1) is 0 Å². The maximum absolute atomic E-state index is 5.35. The second-order valence-electron chi connectivity index (χ2n) is 6.44. The highest BCUT2D eigenvalue weighted by atomic mass is 16.5. The van der Waals surface area contributed by atoms with Gasteiger partial charge in [-0.3, -0.25) is 4.90 Å². The summed E-state index contributed by atoms with van der Waals surface area (Å²) >= 11 is 0. The van der Waals surface area contributed by atoms with Crippen LogP contribution < -0.4 is 4.74 Å². The zero-order valence-corrected chi connectivity index (χ0v) is 12.6. The maximum atomic E-state index is 5.35. The molecule has 2 aliphatic heterocycles. The predicted molar refractivity (Wildman–Crippen MR) is 79.8 cm³/mol. The summed E-state index contributed by atoms with van der Waals surface area (Å²) in [5, 5.41) is 0. The van der Waals surface area contributed by atoms with Crippen LogP contribution >= 0.6 is 0 Å². The van der Waals surface area contributed by atoms with Crippen molar-refractivity contribution in [2.24, 2.45) is 5.41 Å². The Morgan fingerprint density at radius 3 is 2.65 bits per heavy atom. The van der Waals surface area contributed by atoms with E-state index in [1.54, 1.807) is 13.3 Å².